The monoisotopic (exact) mass is 583 g/mol. The smallest absolute Gasteiger partial charge is 0.244 e. The molecule has 0 saturated heterocycles. The second kappa shape index (κ2) is 13.5. The lowest BCUT2D eigenvalue weighted by Gasteiger charge is -2.34. The first-order valence-corrected chi connectivity index (χ1v) is 15.3. The molecule has 1 saturated carbocycles. The summed E-state index contributed by atoms with van der Waals surface area (Å²) in [6.45, 7) is 1.46. The van der Waals surface area contributed by atoms with Gasteiger partial charge in [0.25, 0.3) is 0 Å². The van der Waals surface area contributed by atoms with Gasteiger partial charge in [-0.2, -0.15) is 0 Å². The van der Waals surface area contributed by atoms with Crippen molar-refractivity contribution in [2.24, 2.45) is 0 Å². The first-order chi connectivity index (χ1) is 18.0. The summed E-state index contributed by atoms with van der Waals surface area (Å²) in [4.78, 5) is 28.7. The van der Waals surface area contributed by atoms with Crippen LogP contribution in [-0.2, 0) is 26.2 Å². The fourth-order valence-electron chi connectivity index (χ4n) is 4.67. The van der Waals surface area contributed by atoms with Gasteiger partial charge in [0.05, 0.1) is 24.1 Å². The van der Waals surface area contributed by atoms with Crippen LogP contribution in [0.1, 0.15) is 51.0 Å². The number of nitrogens with one attached hydrogen (secondary N) is 1. The van der Waals surface area contributed by atoms with Crippen LogP contribution in [0.25, 0.3) is 0 Å². The number of halogens is 2. The van der Waals surface area contributed by atoms with Gasteiger partial charge in [-0.1, -0.05) is 61.5 Å². The molecule has 11 heteroatoms. The standard InChI is InChI=1S/C27H35Cl2N3O5S/c1-4-24(27(34)30-21-8-6-5-7-9-21)31(17-19-10-12-20(28)13-11-19)26(33)18-32(38(3,35)36)22-14-15-25(37-2)23(29)16-22/h10-16,21,24H,4-9,17-18H2,1-3H3,(H,30,34)/t24-/m0/s1. The zero-order valence-electron chi connectivity index (χ0n) is 22.0. The third kappa shape index (κ3) is 8.01. The normalized spacial score (nSPS) is 15.0. The van der Waals surface area contributed by atoms with Gasteiger partial charge in [0.15, 0.2) is 0 Å². The molecule has 1 fully saturated rings. The highest BCUT2D eigenvalue weighted by atomic mass is 35.5. The molecule has 0 radical (unpaired) electrons. The van der Waals surface area contributed by atoms with E-state index in [9.17, 15) is 18.0 Å². The molecule has 1 N–H and O–H groups in total. The zero-order chi connectivity index (χ0) is 27.9. The first kappa shape index (κ1) is 30.1. The quantitative estimate of drug-likeness (QED) is 0.400. The lowest BCUT2D eigenvalue weighted by Crippen LogP contribution is -2.53. The Morgan fingerprint density at radius 2 is 1.74 bits per heavy atom. The summed E-state index contributed by atoms with van der Waals surface area (Å²) in [6, 6.07) is 10.8. The van der Waals surface area contributed by atoms with Crippen molar-refractivity contribution in [1.82, 2.24) is 10.2 Å². The Labute approximate surface area is 235 Å². The fourth-order valence-corrected chi connectivity index (χ4v) is 5.89. The van der Waals surface area contributed by atoms with E-state index in [1.165, 1.54) is 30.2 Å². The van der Waals surface area contributed by atoms with Crippen LogP contribution in [-0.4, -0.2) is 57.1 Å². The molecular formula is C27H35Cl2N3O5S. The summed E-state index contributed by atoms with van der Waals surface area (Å²) >= 11 is 12.3. The number of nitrogens with zero attached hydrogens (tertiary/aromatic N) is 2. The molecule has 208 valence electrons. The number of ether oxygens (including phenoxy) is 1. The van der Waals surface area contributed by atoms with E-state index >= 15 is 0 Å². The summed E-state index contributed by atoms with van der Waals surface area (Å²) in [6.07, 6.45) is 6.48. The largest absolute Gasteiger partial charge is 0.495 e. The molecule has 2 amide bonds. The van der Waals surface area contributed by atoms with Gasteiger partial charge in [0.1, 0.15) is 18.3 Å². The predicted octanol–water partition coefficient (Wildman–Crippen LogP) is 5.02. The van der Waals surface area contributed by atoms with Gasteiger partial charge >= 0.3 is 0 Å². The molecule has 1 aliphatic rings. The number of hydrogen-bond acceptors (Lipinski definition) is 5. The van der Waals surface area contributed by atoms with E-state index in [2.05, 4.69) is 5.32 Å². The van der Waals surface area contributed by atoms with Gasteiger partial charge in [0.2, 0.25) is 21.8 Å². The van der Waals surface area contributed by atoms with Gasteiger partial charge in [0, 0.05) is 17.6 Å². The van der Waals surface area contributed by atoms with E-state index in [1.54, 1.807) is 24.3 Å². The van der Waals surface area contributed by atoms with Gasteiger partial charge in [-0.15, -0.1) is 0 Å². The number of anilines is 1. The number of benzene rings is 2. The Balaban J connectivity index is 1.92. The third-order valence-electron chi connectivity index (χ3n) is 6.71. The molecule has 0 bridgehead atoms. The number of rotatable bonds is 11. The van der Waals surface area contributed by atoms with Crippen molar-refractivity contribution in [3.05, 3.63) is 58.1 Å². The maximum Gasteiger partial charge on any atom is 0.244 e. The Hall–Kier alpha value is -2.49. The second-order valence-electron chi connectivity index (χ2n) is 9.50. The molecule has 2 aromatic carbocycles. The number of methoxy groups -OCH3 is 1. The van der Waals surface area contributed by atoms with Crippen LogP contribution in [0.4, 0.5) is 5.69 Å². The van der Waals surface area contributed by atoms with Crippen LogP contribution in [0.15, 0.2) is 42.5 Å². The summed E-state index contributed by atoms with van der Waals surface area (Å²) < 4.78 is 31.7. The summed E-state index contributed by atoms with van der Waals surface area (Å²) in [7, 11) is -2.41. The van der Waals surface area contributed by atoms with Crippen molar-refractivity contribution in [2.75, 3.05) is 24.2 Å². The van der Waals surface area contributed by atoms with E-state index in [0.717, 1.165) is 48.2 Å². The Kier molecular flexibility index (Phi) is 10.7. The molecule has 38 heavy (non-hydrogen) atoms. The van der Waals surface area contributed by atoms with Crippen molar-refractivity contribution in [3.8, 4) is 5.75 Å². The van der Waals surface area contributed by atoms with Crippen LogP contribution < -0.4 is 14.4 Å². The number of amides is 2. The number of carbonyl (C=O) groups excluding carboxylic acids is 2. The van der Waals surface area contributed by atoms with Crippen LogP contribution in [0, 0.1) is 0 Å². The lowest BCUT2D eigenvalue weighted by atomic mass is 9.95. The molecule has 3 rings (SSSR count). The predicted molar refractivity (Wildman–Crippen MR) is 151 cm³/mol. The minimum absolute atomic E-state index is 0.0757. The third-order valence-corrected chi connectivity index (χ3v) is 8.39. The van der Waals surface area contributed by atoms with Crippen molar-refractivity contribution in [1.29, 1.82) is 0 Å². The van der Waals surface area contributed by atoms with E-state index < -0.39 is 28.5 Å². The molecular weight excluding hydrogens is 549 g/mol. The Morgan fingerprint density at radius 3 is 2.29 bits per heavy atom. The highest BCUT2D eigenvalue weighted by molar-refractivity contribution is 7.92. The highest BCUT2D eigenvalue weighted by Gasteiger charge is 2.33. The van der Waals surface area contributed by atoms with Gasteiger partial charge in [-0.05, 0) is 55.2 Å². The van der Waals surface area contributed by atoms with Crippen LogP contribution in [0.5, 0.6) is 5.75 Å². The maximum absolute atomic E-state index is 13.8. The van der Waals surface area contributed by atoms with E-state index in [1.807, 2.05) is 6.92 Å². The van der Waals surface area contributed by atoms with Crippen molar-refractivity contribution in [3.63, 3.8) is 0 Å². The average Bonchev–Trinajstić information content (AvgIpc) is 2.88. The van der Waals surface area contributed by atoms with E-state index in [-0.39, 0.29) is 29.2 Å². The molecule has 2 aromatic rings. The van der Waals surface area contributed by atoms with Crippen molar-refractivity contribution < 1.29 is 22.7 Å². The van der Waals surface area contributed by atoms with E-state index in [4.69, 9.17) is 27.9 Å². The maximum atomic E-state index is 13.8. The van der Waals surface area contributed by atoms with Crippen LogP contribution in [0.2, 0.25) is 10.0 Å². The summed E-state index contributed by atoms with van der Waals surface area (Å²) in [5.74, 6) is -0.368. The number of hydrogen-bond donors (Lipinski definition) is 1. The molecule has 0 unspecified atom stereocenters. The minimum atomic E-state index is -3.87. The van der Waals surface area contributed by atoms with Crippen molar-refractivity contribution in [2.45, 2.75) is 64.1 Å². The first-order valence-electron chi connectivity index (χ1n) is 12.7. The molecule has 0 spiro atoms. The zero-order valence-corrected chi connectivity index (χ0v) is 24.3. The fraction of sp³-hybridized carbons (Fsp3) is 0.481. The number of sulfonamides is 1. The summed E-state index contributed by atoms with van der Waals surface area (Å²) in [5, 5.41) is 3.88. The van der Waals surface area contributed by atoms with Crippen LogP contribution in [0.3, 0.4) is 0 Å². The Morgan fingerprint density at radius 1 is 1.08 bits per heavy atom. The van der Waals surface area contributed by atoms with E-state index in [0.29, 0.717) is 17.2 Å². The van der Waals surface area contributed by atoms with Crippen molar-refractivity contribution >= 4 is 50.7 Å². The van der Waals surface area contributed by atoms with Gasteiger partial charge < -0.3 is 15.0 Å². The lowest BCUT2D eigenvalue weighted by molar-refractivity contribution is -0.140. The minimum Gasteiger partial charge on any atom is -0.495 e. The topological polar surface area (TPSA) is 96.0 Å². The SMILES string of the molecule is CC[C@@H](C(=O)NC1CCCCC1)N(Cc1ccc(Cl)cc1)C(=O)CN(c1ccc(OC)c(Cl)c1)S(C)(=O)=O. The number of carbonyl (C=O) groups is 2. The van der Waals surface area contributed by atoms with Crippen LogP contribution >= 0.6 is 23.2 Å². The molecule has 1 atom stereocenters. The Bertz CT molecular complexity index is 1220. The highest BCUT2D eigenvalue weighted by Crippen LogP contribution is 2.30. The molecule has 8 nitrogen and oxygen atoms in total. The second-order valence-corrected chi connectivity index (χ2v) is 12.3. The molecule has 0 aliphatic heterocycles. The molecule has 0 aromatic heterocycles. The van der Waals surface area contributed by atoms with Gasteiger partial charge in [-0.3, -0.25) is 13.9 Å². The summed E-state index contributed by atoms with van der Waals surface area (Å²) in [5.41, 5.74) is 0.989. The van der Waals surface area contributed by atoms with Gasteiger partial charge in [-0.25, -0.2) is 8.42 Å². The molecule has 0 heterocycles. The molecule has 1 aliphatic carbocycles. The average molecular weight is 585 g/mol.